The number of carbonyl (C=O) groups excluding carboxylic acids is 1. The second-order valence-electron chi connectivity index (χ2n) is 3.55. The molecule has 5 heteroatoms. The molecular weight excluding hydrogens is 172 g/mol. The Morgan fingerprint density at radius 1 is 1.38 bits per heavy atom. The maximum Gasteiger partial charge on any atom is 0.404 e. The molecule has 0 radical (unpaired) electrons. The van der Waals surface area contributed by atoms with Crippen molar-refractivity contribution in [3.8, 4) is 0 Å². The van der Waals surface area contributed by atoms with E-state index in [-0.39, 0.29) is 17.9 Å². The number of hydrogen-bond donors (Lipinski definition) is 2. The molecule has 13 heavy (non-hydrogen) atoms. The maximum atomic E-state index is 11.3. The summed E-state index contributed by atoms with van der Waals surface area (Å²) in [4.78, 5) is 23.1. The third kappa shape index (κ3) is 2.34. The summed E-state index contributed by atoms with van der Waals surface area (Å²) in [5, 5.41) is 10.7. The lowest BCUT2D eigenvalue weighted by Gasteiger charge is -2.35. The standard InChI is InChI=1S/C8H14N2O3/c1-10(2)7(11)5-3-6(4-5)9-8(12)13/h5-6,9H,3-4H2,1-2H3,(H,12,13). The minimum Gasteiger partial charge on any atom is -0.465 e. The molecule has 0 aromatic heterocycles. The van der Waals surface area contributed by atoms with Crippen molar-refractivity contribution in [1.82, 2.24) is 10.2 Å². The maximum absolute atomic E-state index is 11.3. The number of nitrogens with zero attached hydrogens (tertiary/aromatic N) is 1. The smallest absolute Gasteiger partial charge is 0.404 e. The van der Waals surface area contributed by atoms with Crippen LogP contribution in [-0.2, 0) is 4.79 Å². The Morgan fingerprint density at radius 3 is 2.31 bits per heavy atom. The monoisotopic (exact) mass is 186 g/mol. The van der Waals surface area contributed by atoms with Gasteiger partial charge >= 0.3 is 6.09 Å². The molecule has 1 aliphatic carbocycles. The van der Waals surface area contributed by atoms with Gasteiger partial charge in [0.1, 0.15) is 0 Å². The summed E-state index contributed by atoms with van der Waals surface area (Å²) in [5.74, 6) is 0.0929. The van der Waals surface area contributed by atoms with E-state index >= 15 is 0 Å². The average Bonchev–Trinajstić information content (AvgIpc) is 1.94. The van der Waals surface area contributed by atoms with Gasteiger partial charge < -0.3 is 15.3 Å². The summed E-state index contributed by atoms with van der Waals surface area (Å²) in [6.45, 7) is 0. The molecule has 0 saturated heterocycles. The van der Waals surface area contributed by atoms with Crippen LogP contribution in [-0.4, -0.2) is 42.1 Å². The molecule has 1 saturated carbocycles. The first-order valence-corrected chi connectivity index (χ1v) is 4.21. The van der Waals surface area contributed by atoms with E-state index in [1.807, 2.05) is 0 Å². The van der Waals surface area contributed by atoms with Crippen molar-refractivity contribution in [3.05, 3.63) is 0 Å². The van der Waals surface area contributed by atoms with Gasteiger partial charge in [-0.2, -0.15) is 0 Å². The first kappa shape index (κ1) is 9.83. The molecule has 0 aliphatic heterocycles. The first-order chi connectivity index (χ1) is 6.00. The zero-order chi connectivity index (χ0) is 10.0. The number of hydrogen-bond acceptors (Lipinski definition) is 2. The molecule has 1 fully saturated rings. The number of rotatable bonds is 2. The molecule has 1 aliphatic rings. The van der Waals surface area contributed by atoms with Gasteiger partial charge in [0.05, 0.1) is 0 Å². The lowest BCUT2D eigenvalue weighted by molar-refractivity contribution is -0.136. The summed E-state index contributed by atoms with van der Waals surface area (Å²) >= 11 is 0. The highest BCUT2D eigenvalue weighted by Crippen LogP contribution is 2.28. The van der Waals surface area contributed by atoms with Gasteiger partial charge in [0.25, 0.3) is 0 Å². The summed E-state index contributed by atoms with van der Waals surface area (Å²) in [6, 6.07) is -0.0357. The van der Waals surface area contributed by atoms with E-state index < -0.39 is 6.09 Å². The van der Waals surface area contributed by atoms with Crippen molar-refractivity contribution in [2.45, 2.75) is 18.9 Å². The highest BCUT2D eigenvalue weighted by molar-refractivity contribution is 5.79. The van der Waals surface area contributed by atoms with Crippen LogP contribution in [0.25, 0.3) is 0 Å². The summed E-state index contributed by atoms with van der Waals surface area (Å²) in [6.07, 6.45) is 0.243. The van der Waals surface area contributed by atoms with Gasteiger partial charge in [0.15, 0.2) is 0 Å². The highest BCUT2D eigenvalue weighted by Gasteiger charge is 2.35. The molecule has 0 aromatic rings. The first-order valence-electron chi connectivity index (χ1n) is 4.21. The van der Waals surface area contributed by atoms with Crippen LogP contribution in [0.5, 0.6) is 0 Å². The Morgan fingerprint density at radius 2 is 1.92 bits per heavy atom. The minimum absolute atomic E-state index is 0.00634. The van der Waals surface area contributed by atoms with Crippen LogP contribution < -0.4 is 5.32 Å². The van der Waals surface area contributed by atoms with Gasteiger partial charge in [-0.25, -0.2) is 4.79 Å². The van der Waals surface area contributed by atoms with Crippen LogP contribution in [0.4, 0.5) is 4.79 Å². The topological polar surface area (TPSA) is 69.6 Å². The van der Waals surface area contributed by atoms with Crippen molar-refractivity contribution in [2.24, 2.45) is 5.92 Å². The van der Waals surface area contributed by atoms with E-state index in [9.17, 15) is 9.59 Å². The van der Waals surface area contributed by atoms with Crippen LogP contribution in [0.3, 0.4) is 0 Å². The second kappa shape index (κ2) is 3.64. The highest BCUT2D eigenvalue weighted by atomic mass is 16.4. The summed E-state index contributed by atoms with van der Waals surface area (Å²) in [7, 11) is 3.42. The van der Waals surface area contributed by atoms with Crippen LogP contribution >= 0.6 is 0 Å². The number of carboxylic acid groups (broad SMARTS) is 1. The Balaban J connectivity index is 2.25. The van der Waals surface area contributed by atoms with E-state index in [2.05, 4.69) is 5.32 Å². The molecule has 0 aromatic carbocycles. The van der Waals surface area contributed by atoms with Crippen LogP contribution in [0, 0.1) is 5.92 Å². The van der Waals surface area contributed by atoms with E-state index in [1.165, 1.54) is 0 Å². The molecule has 0 spiro atoms. The SMILES string of the molecule is CN(C)C(=O)C1CC(NC(=O)O)C1. The van der Waals surface area contributed by atoms with Crippen LogP contribution in [0.2, 0.25) is 0 Å². The molecule has 0 atom stereocenters. The van der Waals surface area contributed by atoms with Crippen molar-refractivity contribution in [1.29, 1.82) is 0 Å². The van der Waals surface area contributed by atoms with Gasteiger partial charge in [0, 0.05) is 26.1 Å². The predicted molar refractivity (Wildman–Crippen MR) is 46.4 cm³/mol. The zero-order valence-corrected chi connectivity index (χ0v) is 7.78. The van der Waals surface area contributed by atoms with E-state index in [0.717, 1.165) is 0 Å². The van der Waals surface area contributed by atoms with Gasteiger partial charge in [-0.3, -0.25) is 4.79 Å². The Kier molecular flexibility index (Phi) is 2.75. The fourth-order valence-electron chi connectivity index (χ4n) is 1.48. The van der Waals surface area contributed by atoms with Crippen molar-refractivity contribution in [2.75, 3.05) is 14.1 Å². The number of nitrogens with one attached hydrogen (secondary N) is 1. The van der Waals surface area contributed by atoms with Crippen LogP contribution in [0.1, 0.15) is 12.8 Å². The molecule has 0 unspecified atom stereocenters. The molecular formula is C8H14N2O3. The lowest BCUT2D eigenvalue weighted by atomic mass is 9.79. The normalized spacial score (nSPS) is 26.0. The Bertz CT molecular complexity index is 221. The molecule has 1 rings (SSSR count). The Labute approximate surface area is 76.7 Å². The molecule has 2 N–H and O–H groups in total. The fraction of sp³-hybridized carbons (Fsp3) is 0.750. The van der Waals surface area contributed by atoms with Crippen molar-refractivity contribution >= 4 is 12.0 Å². The third-order valence-corrected chi connectivity index (χ3v) is 2.26. The largest absolute Gasteiger partial charge is 0.465 e. The second-order valence-corrected chi connectivity index (χ2v) is 3.55. The van der Waals surface area contributed by atoms with Crippen LogP contribution in [0.15, 0.2) is 0 Å². The summed E-state index contributed by atoms with van der Waals surface area (Å²) in [5.41, 5.74) is 0. The predicted octanol–water partition coefficient (Wildman–Crippen LogP) is 0.121. The lowest BCUT2D eigenvalue weighted by Crippen LogP contribution is -2.48. The van der Waals surface area contributed by atoms with E-state index in [1.54, 1.807) is 19.0 Å². The molecule has 0 heterocycles. The van der Waals surface area contributed by atoms with Crippen molar-refractivity contribution < 1.29 is 14.7 Å². The number of carbonyl (C=O) groups is 2. The minimum atomic E-state index is -1.01. The quantitative estimate of drug-likeness (QED) is 0.643. The van der Waals surface area contributed by atoms with Gasteiger partial charge in [-0.1, -0.05) is 0 Å². The molecule has 0 bridgehead atoms. The molecule has 5 nitrogen and oxygen atoms in total. The fourth-order valence-corrected chi connectivity index (χ4v) is 1.48. The molecule has 2 amide bonds. The van der Waals surface area contributed by atoms with E-state index in [0.29, 0.717) is 12.8 Å². The van der Waals surface area contributed by atoms with Gasteiger partial charge in [0.2, 0.25) is 5.91 Å². The van der Waals surface area contributed by atoms with Gasteiger partial charge in [-0.05, 0) is 12.8 Å². The van der Waals surface area contributed by atoms with Gasteiger partial charge in [-0.15, -0.1) is 0 Å². The van der Waals surface area contributed by atoms with Crippen molar-refractivity contribution in [3.63, 3.8) is 0 Å². The average molecular weight is 186 g/mol. The molecule has 74 valence electrons. The number of amides is 2. The zero-order valence-electron chi connectivity index (χ0n) is 7.78. The van der Waals surface area contributed by atoms with E-state index in [4.69, 9.17) is 5.11 Å². The summed E-state index contributed by atoms with van der Waals surface area (Å²) < 4.78 is 0. The third-order valence-electron chi connectivity index (χ3n) is 2.26. The Hall–Kier alpha value is -1.26.